The number of ketones is 1. The van der Waals surface area contributed by atoms with E-state index in [1.165, 1.54) is 0 Å². The largest absolute Gasteiger partial charge is 0.504 e. The Balaban J connectivity index is 2.13. The van der Waals surface area contributed by atoms with E-state index < -0.39 is 22.0 Å². The van der Waals surface area contributed by atoms with Crippen LogP contribution in [-0.2, 0) is 10.2 Å². The van der Waals surface area contributed by atoms with Crippen molar-refractivity contribution in [1.29, 1.82) is 0 Å². The molecule has 2 aromatic carbocycles. The van der Waals surface area contributed by atoms with E-state index in [9.17, 15) is 19.5 Å². The number of carbonyl (C=O) groups is 1. The molecule has 0 aliphatic carbocycles. The molecule has 0 amide bonds. The number of aromatic hydroxyl groups is 1. The highest BCUT2D eigenvalue weighted by molar-refractivity contribution is 5.80. The Morgan fingerprint density at radius 3 is 2.50 bits per heavy atom. The van der Waals surface area contributed by atoms with Crippen molar-refractivity contribution in [3.05, 3.63) is 61.5 Å². The van der Waals surface area contributed by atoms with Gasteiger partial charge in [0.15, 0.2) is 5.75 Å². The van der Waals surface area contributed by atoms with Crippen molar-refractivity contribution in [1.82, 2.24) is 0 Å². The van der Waals surface area contributed by atoms with Crippen molar-refractivity contribution < 1.29 is 9.90 Å². The van der Waals surface area contributed by atoms with Crippen molar-refractivity contribution in [2.75, 3.05) is 11.4 Å². The Morgan fingerprint density at radius 2 is 1.88 bits per heavy atom. The maximum atomic E-state index is 11.7. The maximum absolute atomic E-state index is 11.7. The van der Waals surface area contributed by atoms with Gasteiger partial charge in [-0.25, -0.2) is 0 Å². The van der Waals surface area contributed by atoms with E-state index in [1.807, 2.05) is 43.0 Å². The van der Waals surface area contributed by atoms with Gasteiger partial charge in [-0.15, -0.1) is 0 Å². The average molecular weight is 325 g/mol. The van der Waals surface area contributed by atoms with Gasteiger partial charge in [-0.05, 0) is 24.6 Å². The van der Waals surface area contributed by atoms with Gasteiger partial charge in [0.2, 0.25) is 5.43 Å². The minimum Gasteiger partial charge on any atom is -0.504 e. The number of rotatable bonds is 4. The molecule has 5 nitrogen and oxygen atoms in total. The summed E-state index contributed by atoms with van der Waals surface area (Å²) in [5.74, 6) is -0.403. The second-order valence-corrected chi connectivity index (χ2v) is 6.70. The SMILES string of the molecule is CC(=O)CCN1/C(=C/c2c(O)c(=O)c2=O)C(C)(C)c2ccccc21. The standard InChI is InChI=1S/C19H19NO4/c1-11(21)8-9-20-14-7-5-4-6-13(14)19(2,3)15(20)10-12-16(22)18(24)17(12)23/h4-7,10,22H,8-9H2,1-3H3/b15-10+. The molecule has 0 unspecified atom stereocenters. The molecule has 1 aliphatic heterocycles. The molecule has 0 spiro atoms. The fourth-order valence-electron chi connectivity index (χ4n) is 3.28. The van der Waals surface area contributed by atoms with Crippen LogP contribution < -0.4 is 15.8 Å². The number of Topliss-reactive ketones (excluding diaryl/α,β-unsaturated/α-hetero) is 1. The summed E-state index contributed by atoms with van der Waals surface area (Å²) in [5.41, 5.74) is 0.991. The molecule has 2 aromatic rings. The summed E-state index contributed by atoms with van der Waals surface area (Å²) < 4.78 is 0. The fourth-order valence-corrected chi connectivity index (χ4v) is 3.28. The third-order valence-corrected chi connectivity index (χ3v) is 4.69. The Labute approximate surface area is 139 Å². The van der Waals surface area contributed by atoms with Crippen LogP contribution in [0.25, 0.3) is 6.08 Å². The second kappa shape index (κ2) is 5.44. The van der Waals surface area contributed by atoms with Crippen LogP contribution in [0.4, 0.5) is 5.69 Å². The van der Waals surface area contributed by atoms with E-state index in [2.05, 4.69) is 0 Å². The number of hydrogen-bond acceptors (Lipinski definition) is 5. The first kappa shape index (κ1) is 16.2. The predicted molar refractivity (Wildman–Crippen MR) is 93.1 cm³/mol. The van der Waals surface area contributed by atoms with E-state index in [0.717, 1.165) is 16.9 Å². The number of nitrogens with zero attached hydrogens (tertiary/aromatic N) is 1. The lowest BCUT2D eigenvalue weighted by Gasteiger charge is -2.27. The lowest BCUT2D eigenvalue weighted by molar-refractivity contribution is -0.116. The highest BCUT2D eigenvalue weighted by atomic mass is 16.3. The highest BCUT2D eigenvalue weighted by Crippen LogP contribution is 2.48. The first-order chi connectivity index (χ1) is 11.2. The number of anilines is 1. The van der Waals surface area contributed by atoms with Gasteiger partial charge >= 0.3 is 0 Å². The van der Waals surface area contributed by atoms with E-state index >= 15 is 0 Å². The van der Waals surface area contributed by atoms with Crippen LogP contribution in [0.5, 0.6) is 5.75 Å². The lowest BCUT2D eigenvalue weighted by atomic mass is 9.83. The number of benzene rings is 1. The summed E-state index contributed by atoms with van der Waals surface area (Å²) in [5, 5.41) is 9.69. The predicted octanol–water partition coefficient (Wildman–Crippen LogP) is 2.11. The fraction of sp³-hybridized carbons (Fsp3) is 0.316. The van der Waals surface area contributed by atoms with Gasteiger partial charge in [0.1, 0.15) is 5.78 Å². The summed E-state index contributed by atoms with van der Waals surface area (Å²) in [6.07, 6.45) is 1.96. The normalized spacial score (nSPS) is 17.5. The van der Waals surface area contributed by atoms with E-state index in [-0.39, 0.29) is 11.3 Å². The molecule has 0 fully saturated rings. The highest BCUT2D eigenvalue weighted by Gasteiger charge is 2.40. The van der Waals surface area contributed by atoms with Gasteiger partial charge in [-0.1, -0.05) is 32.0 Å². The first-order valence-electron chi connectivity index (χ1n) is 7.86. The minimum absolute atomic E-state index is 0.0451. The Morgan fingerprint density at radius 1 is 1.21 bits per heavy atom. The first-order valence-corrected chi connectivity index (χ1v) is 7.86. The molecule has 0 atom stereocenters. The summed E-state index contributed by atoms with van der Waals surface area (Å²) >= 11 is 0. The molecule has 3 rings (SSSR count). The molecule has 0 radical (unpaired) electrons. The minimum atomic E-state index is -0.842. The zero-order valence-corrected chi connectivity index (χ0v) is 13.9. The number of allylic oxidation sites excluding steroid dienone is 1. The summed E-state index contributed by atoms with van der Waals surface area (Å²) in [4.78, 5) is 36.4. The molecule has 24 heavy (non-hydrogen) atoms. The quantitative estimate of drug-likeness (QED) is 0.872. The van der Waals surface area contributed by atoms with Crippen LogP contribution in [0, 0.1) is 0 Å². The maximum Gasteiger partial charge on any atom is 0.268 e. The molecule has 0 bridgehead atoms. The van der Waals surface area contributed by atoms with Gasteiger partial charge in [0.25, 0.3) is 5.43 Å². The van der Waals surface area contributed by atoms with Gasteiger partial charge in [0.05, 0.1) is 5.56 Å². The van der Waals surface area contributed by atoms with Gasteiger partial charge in [-0.2, -0.15) is 0 Å². The molecular weight excluding hydrogens is 306 g/mol. The molecule has 124 valence electrons. The van der Waals surface area contributed by atoms with Crippen molar-refractivity contribution in [3.8, 4) is 5.75 Å². The van der Waals surface area contributed by atoms with Crippen molar-refractivity contribution in [2.45, 2.75) is 32.6 Å². The monoisotopic (exact) mass is 325 g/mol. The average Bonchev–Trinajstić information content (AvgIpc) is 2.77. The van der Waals surface area contributed by atoms with E-state index in [0.29, 0.717) is 13.0 Å². The zero-order chi connectivity index (χ0) is 17.6. The van der Waals surface area contributed by atoms with Crippen LogP contribution in [0.3, 0.4) is 0 Å². The van der Waals surface area contributed by atoms with Crippen LogP contribution in [0.2, 0.25) is 0 Å². The Kier molecular flexibility index (Phi) is 3.67. The lowest BCUT2D eigenvalue weighted by Crippen LogP contribution is -2.34. The number of hydrogen-bond donors (Lipinski definition) is 1. The Bertz CT molecular complexity index is 929. The number of carbonyl (C=O) groups excluding carboxylic acids is 1. The number of fused-ring (bicyclic) bond motifs is 1. The van der Waals surface area contributed by atoms with Crippen LogP contribution in [0.15, 0.2) is 39.6 Å². The van der Waals surface area contributed by atoms with E-state index in [4.69, 9.17) is 0 Å². The summed E-state index contributed by atoms with van der Waals surface area (Å²) in [6, 6.07) is 7.85. The van der Waals surface area contributed by atoms with Crippen molar-refractivity contribution >= 4 is 17.5 Å². The molecular formula is C19H19NO4. The molecule has 0 saturated carbocycles. The zero-order valence-electron chi connectivity index (χ0n) is 13.9. The smallest absolute Gasteiger partial charge is 0.268 e. The van der Waals surface area contributed by atoms with Crippen LogP contribution in [0.1, 0.15) is 38.3 Å². The Hall–Kier alpha value is -2.69. The molecule has 1 aliphatic rings. The topological polar surface area (TPSA) is 74.7 Å². The van der Waals surface area contributed by atoms with E-state index in [1.54, 1.807) is 13.0 Å². The van der Waals surface area contributed by atoms with Gasteiger partial charge in [-0.3, -0.25) is 14.4 Å². The molecule has 0 saturated heterocycles. The third-order valence-electron chi connectivity index (χ3n) is 4.69. The van der Waals surface area contributed by atoms with Crippen molar-refractivity contribution in [3.63, 3.8) is 0 Å². The van der Waals surface area contributed by atoms with Gasteiger partial charge < -0.3 is 10.0 Å². The number of para-hydroxylation sites is 1. The summed E-state index contributed by atoms with van der Waals surface area (Å²) in [7, 11) is 0. The van der Waals surface area contributed by atoms with Crippen LogP contribution >= 0.6 is 0 Å². The van der Waals surface area contributed by atoms with Crippen LogP contribution in [-0.4, -0.2) is 17.4 Å². The molecule has 5 heteroatoms. The van der Waals surface area contributed by atoms with Gasteiger partial charge in [0, 0.05) is 29.8 Å². The summed E-state index contributed by atoms with van der Waals surface area (Å²) in [6.45, 7) is 6.07. The molecule has 0 aromatic heterocycles. The molecule has 1 N–H and O–H groups in total. The third kappa shape index (κ3) is 2.28. The second-order valence-electron chi connectivity index (χ2n) is 6.70. The molecule has 1 heterocycles. The van der Waals surface area contributed by atoms with Crippen molar-refractivity contribution in [2.24, 2.45) is 0 Å².